The maximum absolute atomic E-state index is 13.3. The average Bonchev–Trinajstić information content (AvgIpc) is 2.63. The molecule has 2 atom stereocenters. The molecule has 0 N–H and O–H groups in total. The minimum Gasteiger partial charge on any atom is -0.222 e. The second kappa shape index (κ2) is 6.17. The van der Waals surface area contributed by atoms with Gasteiger partial charge in [-0.05, 0) is 30.5 Å². The van der Waals surface area contributed by atoms with Crippen molar-refractivity contribution in [1.82, 2.24) is 0 Å². The maximum atomic E-state index is 13.3. The van der Waals surface area contributed by atoms with Crippen molar-refractivity contribution in [2.75, 3.05) is 0 Å². The first-order valence-corrected chi connectivity index (χ1v) is 9.36. The third-order valence-electron chi connectivity index (χ3n) is 4.78. The van der Waals surface area contributed by atoms with Crippen molar-refractivity contribution >= 4 is 9.84 Å². The molecule has 2 aromatic carbocycles. The Bertz CT molecular complexity index is 809. The smallest absolute Gasteiger partial charge is 0.198 e. The molecule has 4 heteroatoms. The normalized spacial score (nSPS) is 24.7. The Kier molecular flexibility index (Phi) is 4.23. The molecule has 0 spiro atoms. The lowest BCUT2D eigenvalue weighted by atomic mass is 9.75. The van der Waals surface area contributed by atoms with Crippen molar-refractivity contribution in [3.8, 4) is 6.07 Å². The molecule has 0 radical (unpaired) electrons. The lowest BCUT2D eigenvalue weighted by Gasteiger charge is -2.38. The molecule has 0 heterocycles. The summed E-state index contributed by atoms with van der Waals surface area (Å²) >= 11 is 0. The zero-order valence-corrected chi connectivity index (χ0v) is 13.7. The van der Waals surface area contributed by atoms with E-state index < -0.39 is 14.6 Å². The summed E-state index contributed by atoms with van der Waals surface area (Å²) in [7, 11) is -3.73. The Balaban J connectivity index is 2.16. The predicted octanol–water partition coefficient (Wildman–Crippen LogP) is 4.08. The van der Waals surface area contributed by atoms with E-state index in [2.05, 4.69) is 6.07 Å². The van der Waals surface area contributed by atoms with Gasteiger partial charge in [0.15, 0.2) is 14.6 Å². The highest BCUT2D eigenvalue weighted by molar-refractivity contribution is 7.93. The molecule has 23 heavy (non-hydrogen) atoms. The molecule has 118 valence electrons. The monoisotopic (exact) mass is 325 g/mol. The number of nitrogens with zero attached hydrogens (tertiary/aromatic N) is 1. The number of nitriles is 1. The van der Waals surface area contributed by atoms with Gasteiger partial charge in [-0.3, -0.25) is 0 Å². The van der Waals surface area contributed by atoms with Gasteiger partial charge in [0.2, 0.25) is 0 Å². The van der Waals surface area contributed by atoms with Crippen molar-refractivity contribution in [2.24, 2.45) is 0 Å². The highest BCUT2D eigenvalue weighted by Gasteiger charge is 2.52. The summed E-state index contributed by atoms with van der Waals surface area (Å²) in [6.45, 7) is 0. The fraction of sp³-hybridized carbons (Fsp3) is 0.316. The predicted molar refractivity (Wildman–Crippen MR) is 89.6 cm³/mol. The standard InChI is InChI=1S/C19H19NO2S/c20-15-19(23(21,22)17-11-5-2-6-12-17)14-8-7-13-18(19)16-9-3-1-4-10-16/h1-6,9-12,18H,7-8,13-14H2. The Labute approximate surface area is 137 Å². The molecule has 0 bridgehead atoms. The van der Waals surface area contributed by atoms with Gasteiger partial charge < -0.3 is 0 Å². The van der Waals surface area contributed by atoms with E-state index in [1.54, 1.807) is 30.3 Å². The zero-order chi connectivity index (χ0) is 16.3. The molecule has 1 fully saturated rings. The summed E-state index contributed by atoms with van der Waals surface area (Å²) in [5.41, 5.74) is 0.938. The first kappa shape index (κ1) is 15.8. The van der Waals surface area contributed by atoms with Gasteiger partial charge in [-0.15, -0.1) is 0 Å². The maximum Gasteiger partial charge on any atom is 0.198 e. The Morgan fingerprint density at radius 2 is 1.57 bits per heavy atom. The zero-order valence-electron chi connectivity index (χ0n) is 12.9. The summed E-state index contributed by atoms with van der Waals surface area (Å²) in [4.78, 5) is 0.240. The molecular weight excluding hydrogens is 306 g/mol. The SMILES string of the molecule is N#CC1(S(=O)(=O)c2ccccc2)CCCCC1c1ccccc1. The molecule has 3 nitrogen and oxygen atoms in total. The van der Waals surface area contributed by atoms with Gasteiger partial charge in [0.05, 0.1) is 11.0 Å². The number of rotatable bonds is 3. The van der Waals surface area contributed by atoms with Gasteiger partial charge in [-0.1, -0.05) is 61.4 Å². The van der Waals surface area contributed by atoms with Crippen molar-refractivity contribution in [3.05, 3.63) is 66.2 Å². The molecule has 1 saturated carbocycles. The minimum absolute atomic E-state index is 0.240. The number of benzene rings is 2. The molecule has 2 aromatic rings. The van der Waals surface area contributed by atoms with Crippen molar-refractivity contribution in [3.63, 3.8) is 0 Å². The number of hydrogen-bond donors (Lipinski definition) is 0. The van der Waals surface area contributed by atoms with E-state index in [0.29, 0.717) is 6.42 Å². The van der Waals surface area contributed by atoms with Gasteiger partial charge in [-0.2, -0.15) is 5.26 Å². The third kappa shape index (κ3) is 2.55. The van der Waals surface area contributed by atoms with Crippen molar-refractivity contribution in [1.29, 1.82) is 5.26 Å². The Morgan fingerprint density at radius 1 is 0.957 bits per heavy atom. The van der Waals surface area contributed by atoms with Gasteiger partial charge in [-0.25, -0.2) is 8.42 Å². The van der Waals surface area contributed by atoms with E-state index in [9.17, 15) is 13.7 Å². The minimum atomic E-state index is -3.73. The van der Waals surface area contributed by atoms with Crippen LogP contribution in [0.25, 0.3) is 0 Å². The quantitative estimate of drug-likeness (QED) is 0.854. The summed E-state index contributed by atoms with van der Waals surface area (Å²) < 4.78 is 25.2. The van der Waals surface area contributed by atoms with Crippen LogP contribution in [0.3, 0.4) is 0 Å². The summed E-state index contributed by atoms with van der Waals surface area (Å²) in [5.74, 6) is -0.285. The second-order valence-electron chi connectivity index (χ2n) is 6.03. The van der Waals surface area contributed by atoms with Crippen LogP contribution >= 0.6 is 0 Å². The highest BCUT2D eigenvalue weighted by atomic mass is 32.2. The first-order valence-electron chi connectivity index (χ1n) is 7.88. The summed E-state index contributed by atoms with van der Waals surface area (Å²) in [6.07, 6.45) is 2.83. The highest BCUT2D eigenvalue weighted by Crippen LogP contribution is 2.47. The van der Waals surface area contributed by atoms with Crippen LogP contribution < -0.4 is 0 Å². The van der Waals surface area contributed by atoms with E-state index in [-0.39, 0.29) is 10.8 Å². The van der Waals surface area contributed by atoms with Gasteiger partial charge in [0, 0.05) is 5.92 Å². The van der Waals surface area contributed by atoms with Gasteiger partial charge >= 0.3 is 0 Å². The summed E-state index contributed by atoms with van der Waals surface area (Å²) in [5, 5.41) is 9.94. The average molecular weight is 325 g/mol. The van der Waals surface area contributed by atoms with Crippen LogP contribution in [0.5, 0.6) is 0 Å². The molecule has 1 aliphatic rings. The third-order valence-corrected chi connectivity index (χ3v) is 7.21. The number of hydrogen-bond acceptors (Lipinski definition) is 3. The molecule has 0 aromatic heterocycles. The van der Waals surface area contributed by atoms with Gasteiger partial charge in [0.25, 0.3) is 0 Å². The van der Waals surface area contributed by atoms with Crippen LogP contribution in [0.1, 0.15) is 37.2 Å². The van der Waals surface area contributed by atoms with Crippen LogP contribution in [0.4, 0.5) is 0 Å². The molecule has 0 aliphatic heterocycles. The van der Waals surface area contributed by atoms with E-state index in [1.807, 2.05) is 30.3 Å². The van der Waals surface area contributed by atoms with Crippen molar-refractivity contribution < 1.29 is 8.42 Å². The van der Waals surface area contributed by atoms with Crippen LogP contribution in [0.15, 0.2) is 65.6 Å². The van der Waals surface area contributed by atoms with Crippen LogP contribution in [0, 0.1) is 11.3 Å². The summed E-state index contributed by atoms with van der Waals surface area (Å²) in [6, 6.07) is 20.2. The molecular formula is C19H19NO2S. The first-order chi connectivity index (χ1) is 11.1. The van der Waals surface area contributed by atoms with E-state index >= 15 is 0 Å². The second-order valence-corrected chi connectivity index (χ2v) is 8.23. The lowest BCUT2D eigenvalue weighted by Crippen LogP contribution is -2.45. The van der Waals surface area contributed by atoms with Gasteiger partial charge in [0.1, 0.15) is 0 Å². The fourth-order valence-corrected chi connectivity index (χ4v) is 5.69. The molecule has 0 amide bonds. The topological polar surface area (TPSA) is 57.9 Å². The lowest BCUT2D eigenvalue weighted by molar-refractivity contribution is 0.379. The van der Waals surface area contributed by atoms with Crippen LogP contribution in [-0.4, -0.2) is 13.2 Å². The molecule has 1 aliphatic carbocycles. The van der Waals surface area contributed by atoms with Crippen LogP contribution in [0.2, 0.25) is 0 Å². The molecule has 0 saturated heterocycles. The Morgan fingerprint density at radius 3 is 2.17 bits per heavy atom. The Hall–Kier alpha value is -2.12. The van der Waals surface area contributed by atoms with Crippen molar-refractivity contribution in [2.45, 2.75) is 41.2 Å². The molecule has 3 rings (SSSR count). The van der Waals surface area contributed by atoms with E-state index in [0.717, 1.165) is 24.8 Å². The number of sulfone groups is 1. The largest absolute Gasteiger partial charge is 0.222 e. The van der Waals surface area contributed by atoms with E-state index in [1.165, 1.54) is 0 Å². The molecule has 2 unspecified atom stereocenters. The fourth-order valence-electron chi connectivity index (χ4n) is 3.59. The van der Waals surface area contributed by atoms with Crippen LogP contribution in [-0.2, 0) is 9.84 Å². The van der Waals surface area contributed by atoms with E-state index in [4.69, 9.17) is 0 Å².